The molecule has 1 unspecified atom stereocenters. The Hall–Kier alpha value is -2.80. The number of hydrogen-bond acceptors (Lipinski definition) is 4. The van der Waals surface area contributed by atoms with Crippen LogP contribution in [0.1, 0.15) is 25.3 Å². The lowest BCUT2D eigenvalue weighted by Gasteiger charge is -2.16. The molecule has 0 aliphatic carbocycles. The Kier molecular flexibility index (Phi) is 7.82. The highest BCUT2D eigenvalue weighted by Gasteiger charge is 2.21. The van der Waals surface area contributed by atoms with Gasteiger partial charge < -0.3 is 25.0 Å². The summed E-state index contributed by atoms with van der Waals surface area (Å²) in [4.78, 5) is 7.34. The molecular formula is C25H33FN4O2. The van der Waals surface area contributed by atoms with Gasteiger partial charge in [0.15, 0.2) is 17.5 Å². The second-order valence-electron chi connectivity index (χ2n) is 8.38. The maximum absolute atomic E-state index is 13.5. The highest BCUT2D eigenvalue weighted by molar-refractivity contribution is 5.94. The van der Waals surface area contributed by atoms with Gasteiger partial charge in [-0.1, -0.05) is 19.1 Å². The molecule has 7 heteroatoms. The van der Waals surface area contributed by atoms with Gasteiger partial charge >= 0.3 is 0 Å². The van der Waals surface area contributed by atoms with Crippen molar-refractivity contribution in [1.29, 1.82) is 0 Å². The van der Waals surface area contributed by atoms with Crippen molar-refractivity contribution in [3.05, 3.63) is 53.8 Å². The summed E-state index contributed by atoms with van der Waals surface area (Å²) in [5, 5.41) is 6.82. The molecule has 172 valence electrons. The fourth-order valence-corrected chi connectivity index (χ4v) is 4.10. The van der Waals surface area contributed by atoms with Crippen LogP contribution in [0.2, 0.25) is 0 Å². The van der Waals surface area contributed by atoms with Gasteiger partial charge in [0.2, 0.25) is 0 Å². The first-order chi connectivity index (χ1) is 15.7. The quantitative estimate of drug-likeness (QED) is 0.505. The normalized spacial score (nSPS) is 18.9. The molecular weight excluding hydrogens is 407 g/mol. The molecule has 6 nitrogen and oxygen atoms in total. The van der Waals surface area contributed by atoms with Gasteiger partial charge in [-0.15, -0.1) is 0 Å². The highest BCUT2D eigenvalue weighted by atomic mass is 19.1. The number of halogens is 1. The van der Waals surface area contributed by atoms with E-state index in [1.807, 2.05) is 24.3 Å². The SMILES string of the molecule is CCN1CCC(CN=C(NCCc2cccc(F)c2)Nc2ccc3c(c2)OCCCO3)C1. The Morgan fingerprint density at radius 1 is 1.16 bits per heavy atom. The molecule has 0 radical (unpaired) electrons. The van der Waals surface area contributed by atoms with Crippen molar-refractivity contribution in [3.63, 3.8) is 0 Å². The second-order valence-corrected chi connectivity index (χ2v) is 8.38. The van der Waals surface area contributed by atoms with E-state index in [9.17, 15) is 4.39 Å². The topological polar surface area (TPSA) is 58.1 Å². The van der Waals surface area contributed by atoms with Crippen LogP contribution in [0.25, 0.3) is 0 Å². The number of fused-ring (bicyclic) bond motifs is 1. The van der Waals surface area contributed by atoms with E-state index in [2.05, 4.69) is 22.5 Å². The summed E-state index contributed by atoms with van der Waals surface area (Å²) in [6, 6.07) is 12.6. The van der Waals surface area contributed by atoms with E-state index in [0.29, 0.717) is 32.1 Å². The van der Waals surface area contributed by atoms with E-state index in [1.54, 1.807) is 12.1 Å². The zero-order valence-electron chi connectivity index (χ0n) is 18.8. The Bertz CT molecular complexity index is 921. The summed E-state index contributed by atoms with van der Waals surface area (Å²) in [5.41, 5.74) is 1.86. The van der Waals surface area contributed by atoms with Crippen LogP contribution in [0.3, 0.4) is 0 Å². The highest BCUT2D eigenvalue weighted by Crippen LogP contribution is 2.32. The first-order valence-electron chi connectivity index (χ1n) is 11.6. The summed E-state index contributed by atoms with van der Waals surface area (Å²) in [5.74, 6) is 2.62. The summed E-state index contributed by atoms with van der Waals surface area (Å²) in [6.45, 7) is 8.30. The molecule has 1 saturated heterocycles. The smallest absolute Gasteiger partial charge is 0.195 e. The Labute approximate surface area is 189 Å². The number of benzene rings is 2. The van der Waals surface area contributed by atoms with Crippen LogP contribution >= 0.6 is 0 Å². The number of rotatable bonds is 7. The first kappa shape index (κ1) is 22.4. The van der Waals surface area contributed by atoms with Crippen LogP contribution in [0, 0.1) is 11.7 Å². The van der Waals surface area contributed by atoms with Crippen LogP contribution in [0.15, 0.2) is 47.5 Å². The summed E-state index contributed by atoms with van der Waals surface area (Å²) >= 11 is 0. The van der Waals surface area contributed by atoms with Crippen molar-refractivity contribution < 1.29 is 13.9 Å². The van der Waals surface area contributed by atoms with Gasteiger partial charge in [-0.2, -0.15) is 0 Å². The van der Waals surface area contributed by atoms with Gasteiger partial charge in [0.25, 0.3) is 0 Å². The summed E-state index contributed by atoms with van der Waals surface area (Å²) < 4.78 is 25.0. The Balaban J connectivity index is 1.41. The molecule has 1 fully saturated rings. The zero-order valence-corrected chi connectivity index (χ0v) is 18.8. The van der Waals surface area contributed by atoms with E-state index < -0.39 is 0 Å². The molecule has 2 N–H and O–H groups in total. The van der Waals surface area contributed by atoms with Crippen LogP contribution < -0.4 is 20.1 Å². The second kappa shape index (κ2) is 11.2. The molecule has 1 atom stereocenters. The minimum Gasteiger partial charge on any atom is -0.490 e. The lowest BCUT2D eigenvalue weighted by atomic mass is 10.1. The van der Waals surface area contributed by atoms with Gasteiger partial charge in [-0.3, -0.25) is 4.99 Å². The van der Waals surface area contributed by atoms with Crippen LogP contribution in [0.5, 0.6) is 11.5 Å². The molecule has 0 spiro atoms. The van der Waals surface area contributed by atoms with Gasteiger partial charge in [0.05, 0.1) is 13.2 Å². The van der Waals surface area contributed by atoms with E-state index in [1.165, 1.54) is 12.5 Å². The molecule has 4 rings (SSSR count). The van der Waals surface area contributed by atoms with Crippen molar-refractivity contribution >= 4 is 11.6 Å². The minimum absolute atomic E-state index is 0.205. The van der Waals surface area contributed by atoms with Crippen LogP contribution in [0.4, 0.5) is 10.1 Å². The molecule has 0 amide bonds. The van der Waals surface area contributed by atoms with Crippen molar-refractivity contribution in [2.75, 3.05) is 51.3 Å². The third kappa shape index (κ3) is 6.36. The lowest BCUT2D eigenvalue weighted by Crippen LogP contribution is -2.33. The number of nitrogens with zero attached hydrogens (tertiary/aromatic N) is 2. The van der Waals surface area contributed by atoms with Gasteiger partial charge in [-0.05, 0) is 61.7 Å². The van der Waals surface area contributed by atoms with Crippen molar-refractivity contribution in [1.82, 2.24) is 10.2 Å². The Morgan fingerprint density at radius 2 is 2.03 bits per heavy atom. The monoisotopic (exact) mass is 440 g/mol. The van der Waals surface area contributed by atoms with E-state index in [4.69, 9.17) is 14.5 Å². The number of nitrogens with one attached hydrogen (secondary N) is 2. The van der Waals surface area contributed by atoms with E-state index in [-0.39, 0.29) is 5.82 Å². The molecule has 32 heavy (non-hydrogen) atoms. The average molecular weight is 441 g/mol. The first-order valence-corrected chi connectivity index (χ1v) is 11.6. The predicted octanol–water partition coefficient (Wildman–Crippen LogP) is 3.93. The number of hydrogen-bond donors (Lipinski definition) is 2. The molecule has 0 bridgehead atoms. The fraction of sp³-hybridized carbons (Fsp3) is 0.480. The zero-order chi connectivity index (χ0) is 22.2. The van der Waals surface area contributed by atoms with Gasteiger partial charge in [0, 0.05) is 37.8 Å². The van der Waals surface area contributed by atoms with E-state index >= 15 is 0 Å². The number of guanidine groups is 1. The fourth-order valence-electron chi connectivity index (χ4n) is 4.10. The molecule has 2 aromatic rings. The van der Waals surface area contributed by atoms with E-state index in [0.717, 1.165) is 61.3 Å². The van der Waals surface area contributed by atoms with Crippen LogP contribution in [-0.2, 0) is 6.42 Å². The molecule has 2 aromatic carbocycles. The van der Waals surface area contributed by atoms with Gasteiger partial charge in [0.1, 0.15) is 5.82 Å². The summed E-state index contributed by atoms with van der Waals surface area (Å²) in [7, 11) is 0. The number of ether oxygens (including phenoxy) is 2. The summed E-state index contributed by atoms with van der Waals surface area (Å²) in [6.07, 6.45) is 2.77. The predicted molar refractivity (Wildman–Crippen MR) is 126 cm³/mol. The van der Waals surface area contributed by atoms with Crippen molar-refractivity contribution in [3.8, 4) is 11.5 Å². The third-order valence-electron chi connectivity index (χ3n) is 5.93. The molecule has 0 saturated carbocycles. The number of anilines is 1. The molecule has 0 aromatic heterocycles. The largest absolute Gasteiger partial charge is 0.490 e. The number of likely N-dealkylation sites (tertiary alicyclic amines) is 1. The average Bonchev–Trinajstić information content (AvgIpc) is 3.14. The standard InChI is InChI=1S/C25H33FN4O2/c1-2-30-12-10-20(18-30)17-28-25(27-11-9-19-5-3-6-21(26)15-19)29-22-7-8-23-24(16-22)32-14-4-13-31-23/h3,5-8,15-16,20H,2,4,9-14,17-18H2,1H3,(H2,27,28,29). The third-order valence-corrected chi connectivity index (χ3v) is 5.93. The minimum atomic E-state index is -0.205. The lowest BCUT2D eigenvalue weighted by molar-refractivity contribution is 0.297. The molecule has 2 aliphatic heterocycles. The molecule has 2 aliphatic rings. The van der Waals surface area contributed by atoms with Crippen molar-refractivity contribution in [2.24, 2.45) is 10.9 Å². The van der Waals surface area contributed by atoms with Crippen molar-refractivity contribution in [2.45, 2.75) is 26.2 Å². The number of aliphatic imine (C=N–C) groups is 1. The maximum Gasteiger partial charge on any atom is 0.195 e. The van der Waals surface area contributed by atoms with Crippen LogP contribution in [-0.4, -0.2) is 56.8 Å². The van der Waals surface area contributed by atoms with Gasteiger partial charge in [-0.25, -0.2) is 4.39 Å². The maximum atomic E-state index is 13.5. The Morgan fingerprint density at radius 3 is 2.84 bits per heavy atom. The molecule has 2 heterocycles.